The Balaban J connectivity index is 1.82. The summed E-state index contributed by atoms with van der Waals surface area (Å²) in [6.07, 6.45) is 3.40. The Morgan fingerprint density at radius 2 is 2.19 bits per heavy atom. The van der Waals surface area contributed by atoms with Crippen molar-refractivity contribution in [1.82, 2.24) is 9.97 Å². The van der Waals surface area contributed by atoms with Gasteiger partial charge in [-0.15, -0.1) is 0 Å². The molecule has 0 unspecified atom stereocenters. The molecular weight excluding hydrogens is 262 g/mol. The Morgan fingerprint density at radius 1 is 1.29 bits per heavy atom. The van der Waals surface area contributed by atoms with Crippen LogP contribution in [0.2, 0.25) is 0 Å². The SMILES string of the molecule is CCNc1cc(-c2cccc3c2OCC3)nc(C2CC2)n1. The van der Waals surface area contributed by atoms with E-state index >= 15 is 0 Å². The first-order valence-corrected chi connectivity index (χ1v) is 7.73. The average molecular weight is 281 g/mol. The van der Waals surface area contributed by atoms with E-state index in [2.05, 4.69) is 35.4 Å². The van der Waals surface area contributed by atoms with Crippen molar-refractivity contribution in [2.75, 3.05) is 18.5 Å². The maximum atomic E-state index is 5.82. The van der Waals surface area contributed by atoms with Crippen molar-refractivity contribution in [1.29, 1.82) is 0 Å². The number of aromatic nitrogens is 2. The molecule has 1 fully saturated rings. The van der Waals surface area contributed by atoms with Gasteiger partial charge in [0.05, 0.1) is 12.3 Å². The summed E-state index contributed by atoms with van der Waals surface area (Å²) < 4.78 is 5.82. The second kappa shape index (κ2) is 5.02. The number of ether oxygens (including phenoxy) is 1. The van der Waals surface area contributed by atoms with Crippen molar-refractivity contribution in [3.05, 3.63) is 35.7 Å². The molecule has 21 heavy (non-hydrogen) atoms. The molecule has 1 aliphatic heterocycles. The molecule has 0 spiro atoms. The lowest BCUT2D eigenvalue weighted by atomic mass is 10.1. The molecule has 4 nitrogen and oxygen atoms in total. The van der Waals surface area contributed by atoms with E-state index in [1.165, 1.54) is 18.4 Å². The summed E-state index contributed by atoms with van der Waals surface area (Å²) in [4.78, 5) is 9.44. The summed E-state index contributed by atoms with van der Waals surface area (Å²) in [6.45, 7) is 3.72. The number of rotatable bonds is 4. The summed E-state index contributed by atoms with van der Waals surface area (Å²) in [5.41, 5.74) is 3.35. The highest BCUT2D eigenvalue weighted by molar-refractivity contribution is 5.72. The molecule has 2 heterocycles. The van der Waals surface area contributed by atoms with Crippen molar-refractivity contribution in [2.24, 2.45) is 0 Å². The van der Waals surface area contributed by atoms with E-state index < -0.39 is 0 Å². The van der Waals surface area contributed by atoms with Crippen molar-refractivity contribution >= 4 is 5.82 Å². The molecule has 1 aliphatic carbocycles. The predicted molar refractivity (Wildman–Crippen MR) is 82.8 cm³/mol. The van der Waals surface area contributed by atoms with Gasteiger partial charge in [-0.1, -0.05) is 12.1 Å². The second-order valence-electron chi connectivity index (χ2n) is 5.69. The zero-order chi connectivity index (χ0) is 14.2. The van der Waals surface area contributed by atoms with Gasteiger partial charge in [-0.05, 0) is 31.4 Å². The van der Waals surface area contributed by atoms with Crippen LogP contribution in [0.25, 0.3) is 11.3 Å². The van der Waals surface area contributed by atoms with Gasteiger partial charge in [0, 0.05) is 30.5 Å². The van der Waals surface area contributed by atoms with Gasteiger partial charge in [-0.25, -0.2) is 9.97 Å². The van der Waals surface area contributed by atoms with Crippen molar-refractivity contribution in [2.45, 2.75) is 32.1 Å². The molecule has 1 saturated carbocycles. The van der Waals surface area contributed by atoms with Crippen LogP contribution in [0.4, 0.5) is 5.82 Å². The molecule has 4 heteroatoms. The number of hydrogen-bond donors (Lipinski definition) is 1. The van der Waals surface area contributed by atoms with Gasteiger partial charge in [0.15, 0.2) is 0 Å². The molecule has 0 bridgehead atoms. The monoisotopic (exact) mass is 281 g/mol. The maximum Gasteiger partial charge on any atom is 0.134 e. The summed E-state index contributed by atoms with van der Waals surface area (Å²) in [7, 11) is 0. The Labute approximate surface area is 124 Å². The lowest BCUT2D eigenvalue weighted by molar-refractivity contribution is 0.358. The molecule has 1 aromatic heterocycles. The highest BCUT2D eigenvalue weighted by Gasteiger charge is 2.28. The van der Waals surface area contributed by atoms with Crippen LogP contribution in [0.3, 0.4) is 0 Å². The van der Waals surface area contributed by atoms with E-state index in [-0.39, 0.29) is 0 Å². The van der Waals surface area contributed by atoms with E-state index in [0.717, 1.165) is 48.2 Å². The molecule has 0 saturated heterocycles. The lowest BCUT2D eigenvalue weighted by Gasteiger charge is -2.11. The average Bonchev–Trinajstić information content (AvgIpc) is 3.24. The molecule has 108 valence electrons. The molecular formula is C17H19N3O. The fourth-order valence-corrected chi connectivity index (χ4v) is 2.82. The number of anilines is 1. The number of nitrogens with zero attached hydrogens (tertiary/aromatic N) is 2. The molecule has 4 rings (SSSR count). The van der Waals surface area contributed by atoms with Crippen LogP contribution in [-0.4, -0.2) is 23.1 Å². The summed E-state index contributed by atoms with van der Waals surface area (Å²) in [6, 6.07) is 8.36. The van der Waals surface area contributed by atoms with Crippen LogP contribution in [0.5, 0.6) is 5.75 Å². The smallest absolute Gasteiger partial charge is 0.134 e. The quantitative estimate of drug-likeness (QED) is 0.933. The minimum Gasteiger partial charge on any atom is -0.492 e. The normalized spacial score (nSPS) is 16.4. The fraction of sp³-hybridized carbons (Fsp3) is 0.412. The van der Waals surface area contributed by atoms with E-state index in [9.17, 15) is 0 Å². The molecule has 2 aliphatic rings. The third-order valence-electron chi connectivity index (χ3n) is 4.03. The van der Waals surface area contributed by atoms with Crippen LogP contribution in [0.15, 0.2) is 24.3 Å². The molecule has 0 amide bonds. The largest absolute Gasteiger partial charge is 0.492 e. The molecule has 1 N–H and O–H groups in total. The first-order valence-electron chi connectivity index (χ1n) is 7.73. The van der Waals surface area contributed by atoms with Crippen LogP contribution in [0.1, 0.15) is 37.1 Å². The Hall–Kier alpha value is -2.10. The zero-order valence-corrected chi connectivity index (χ0v) is 12.2. The van der Waals surface area contributed by atoms with Crippen LogP contribution >= 0.6 is 0 Å². The number of fused-ring (bicyclic) bond motifs is 1. The van der Waals surface area contributed by atoms with Gasteiger partial charge in [0.2, 0.25) is 0 Å². The van der Waals surface area contributed by atoms with E-state index in [1.54, 1.807) is 0 Å². The topological polar surface area (TPSA) is 47.0 Å². The van der Waals surface area contributed by atoms with Crippen molar-refractivity contribution in [3.8, 4) is 17.0 Å². The summed E-state index contributed by atoms with van der Waals surface area (Å²) in [5, 5.41) is 3.32. The van der Waals surface area contributed by atoms with E-state index in [4.69, 9.17) is 9.72 Å². The molecule has 2 aromatic rings. The van der Waals surface area contributed by atoms with Gasteiger partial charge < -0.3 is 10.1 Å². The Bertz CT molecular complexity index is 680. The van der Waals surface area contributed by atoms with Crippen molar-refractivity contribution in [3.63, 3.8) is 0 Å². The standard InChI is InChI=1S/C17H19N3O/c1-2-18-15-10-14(19-17(20-15)12-6-7-12)13-5-3-4-11-8-9-21-16(11)13/h3-5,10,12H,2,6-9H2,1H3,(H,18,19,20). The third kappa shape index (κ3) is 2.35. The third-order valence-corrected chi connectivity index (χ3v) is 4.03. The predicted octanol–water partition coefficient (Wildman–Crippen LogP) is 3.39. The zero-order valence-electron chi connectivity index (χ0n) is 12.2. The second-order valence-corrected chi connectivity index (χ2v) is 5.69. The first-order chi connectivity index (χ1) is 10.3. The minimum atomic E-state index is 0.542. The highest BCUT2D eigenvalue weighted by atomic mass is 16.5. The van der Waals surface area contributed by atoms with Gasteiger partial charge >= 0.3 is 0 Å². The van der Waals surface area contributed by atoms with E-state index in [1.807, 2.05) is 6.07 Å². The molecule has 0 radical (unpaired) electrons. The van der Waals surface area contributed by atoms with Gasteiger partial charge in [-0.2, -0.15) is 0 Å². The van der Waals surface area contributed by atoms with Crippen LogP contribution in [0, 0.1) is 0 Å². The lowest BCUT2D eigenvalue weighted by Crippen LogP contribution is -2.04. The van der Waals surface area contributed by atoms with Gasteiger partial charge in [0.25, 0.3) is 0 Å². The van der Waals surface area contributed by atoms with Crippen molar-refractivity contribution < 1.29 is 4.74 Å². The first kappa shape index (κ1) is 12.6. The number of nitrogens with one attached hydrogen (secondary N) is 1. The highest BCUT2D eigenvalue weighted by Crippen LogP contribution is 2.41. The number of hydrogen-bond acceptors (Lipinski definition) is 4. The summed E-state index contributed by atoms with van der Waals surface area (Å²) >= 11 is 0. The number of para-hydroxylation sites is 1. The van der Waals surface area contributed by atoms with Gasteiger partial charge in [0.1, 0.15) is 17.4 Å². The molecule has 1 aromatic carbocycles. The van der Waals surface area contributed by atoms with Crippen LogP contribution < -0.4 is 10.1 Å². The minimum absolute atomic E-state index is 0.542. The van der Waals surface area contributed by atoms with Crippen LogP contribution in [-0.2, 0) is 6.42 Å². The summed E-state index contributed by atoms with van der Waals surface area (Å²) in [5.74, 6) is 3.43. The maximum absolute atomic E-state index is 5.82. The Morgan fingerprint density at radius 3 is 3.00 bits per heavy atom. The number of benzene rings is 1. The van der Waals surface area contributed by atoms with E-state index in [0.29, 0.717) is 5.92 Å². The Kier molecular flexibility index (Phi) is 3.02. The van der Waals surface area contributed by atoms with Gasteiger partial charge in [-0.3, -0.25) is 0 Å². The fourth-order valence-electron chi connectivity index (χ4n) is 2.82. The molecule has 0 atom stereocenters.